The molecule has 1 aliphatic carbocycles. The van der Waals surface area contributed by atoms with Gasteiger partial charge in [-0.3, -0.25) is 14.2 Å². The van der Waals surface area contributed by atoms with E-state index in [-0.39, 0.29) is 28.9 Å². The zero-order valence-corrected chi connectivity index (χ0v) is 16.9. The Kier molecular flexibility index (Phi) is 4.25. The zero-order chi connectivity index (χ0) is 20.9. The smallest absolute Gasteiger partial charge is 0.283 e. The molecular formula is C21H24N6O3. The molecule has 3 aromatic rings. The summed E-state index contributed by atoms with van der Waals surface area (Å²) in [5.41, 5.74) is -0.280. The van der Waals surface area contributed by atoms with Crippen LogP contribution in [-0.4, -0.2) is 59.1 Å². The molecule has 9 nitrogen and oxygen atoms in total. The van der Waals surface area contributed by atoms with Gasteiger partial charge in [-0.2, -0.15) is 4.68 Å². The van der Waals surface area contributed by atoms with Gasteiger partial charge in [0.05, 0.1) is 17.8 Å². The monoisotopic (exact) mass is 408 g/mol. The van der Waals surface area contributed by atoms with Crippen molar-refractivity contribution in [2.24, 2.45) is 5.41 Å². The molecule has 30 heavy (non-hydrogen) atoms. The minimum atomic E-state index is -1.06. The van der Waals surface area contributed by atoms with E-state index in [0.29, 0.717) is 31.6 Å². The van der Waals surface area contributed by atoms with Crippen LogP contribution in [0.3, 0.4) is 0 Å². The molecule has 9 heteroatoms. The molecule has 1 amide bonds. The molecule has 156 valence electrons. The molecular weight excluding hydrogens is 384 g/mol. The number of hydrogen-bond acceptors (Lipinski definition) is 6. The topological polar surface area (TPSA) is 106 Å². The number of piperidine rings is 1. The molecule has 0 bridgehead atoms. The fourth-order valence-electron chi connectivity index (χ4n) is 4.08. The Morgan fingerprint density at radius 3 is 2.50 bits per heavy atom. The van der Waals surface area contributed by atoms with Crippen LogP contribution in [0.5, 0.6) is 0 Å². The van der Waals surface area contributed by atoms with Gasteiger partial charge < -0.3 is 10.0 Å². The van der Waals surface area contributed by atoms with Crippen LogP contribution in [0, 0.1) is 5.41 Å². The van der Waals surface area contributed by atoms with Crippen molar-refractivity contribution in [3.8, 4) is 5.69 Å². The number of rotatable bonds is 4. The first-order valence-corrected chi connectivity index (χ1v) is 10.3. The lowest BCUT2D eigenvalue weighted by Crippen LogP contribution is -2.51. The number of benzene rings is 1. The lowest BCUT2D eigenvalue weighted by atomic mass is 9.90. The first-order valence-electron chi connectivity index (χ1n) is 10.3. The van der Waals surface area contributed by atoms with E-state index in [0.717, 1.165) is 18.5 Å². The molecule has 0 radical (unpaired) electrons. The fourth-order valence-corrected chi connectivity index (χ4v) is 4.08. The van der Waals surface area contributed by atoms with Gasteiger partial charge in [0.25, 0.3) is 5.56 Å². The molecule has 0 unspecified atom stereocenters. The van der Waals surface area contributed by atoms with Gasteiger partial charge in [-0.15, -0.1) is 5.10 Å². The van der Waals surface area contributed by atoms with Gasteiger partial charge in [0, 0.05) is 18.5 Å². The third-order valence-electron chi connectivity index (χ3n) is 6.39. The highest BCUT2D eigenvalue weighted by Gasteiger charge is 2.48. The molecule has 1 aromatic carbocycles. The number of likely N-dealkylation sites (tertiary alicyclic amines) is 1. The maximum absolute atomic E-state index is 12.9. The van der Waals surface area contributed by atoms with Crippen LogP contribution in [0.4, 0.5) is 0 Å². The lowest BCUT2D eigenvalue weighted by molar-refractivity contribution is -0.141. The predicted octanol–water partition coefficient (Wildman–Crippen LogP) is 1.13. The summed E-state index contributed by atoms with van der Waals surface area (Å²) in [5, 5.41) is 19.2. The van der Waals surface area contributed by atoms with Crippen molar-refractivity contribution in [3.05, 3.63) is 47.0 Å². The van der Waals surface area contributed by atoms with Crippen LogP contribution in [0.2, 0.25) is 0 Å². The van der Waals surface area contributed by atoms with Crippen molar-refractivity contribution in [1.29, 1.82) is 0 Å². The molecule has 0 spiro atoms. The first kappa shape index (κ1) is 18.9. The first-order chi connectivity index (χ1) is 14.4. The van der Waals surface area contributed by atoms with Crippen molar-refractivity contribution in [1.82, 2.24) is 29.4 Å². The number of nitrogens with zero attached hydrogens (tertiary/aromatic N) is 6. The number of hydrogen-bond donors (Lipinski definition) is 1. The second-order valence-corrected chi connectivity index (χ2v) is 8.76. The van der Waals surface area contributed by atoms with Gasteiger partial charge in [-0.1, -0.05) is 30.3 Å². The number of carbonyl (C=O) groups is 1. The molecule has 3 heterocycles. The lowest BCUT2D eigenvalue weighted by Gasteiger charge is -2.39. The Labute approximate surface area is 172 Å². The standard InChI is InChI=1S/C21H24N6O3/c1-20(7-8-20)19(29)25-11-9-21(30,10-12-25)13-26-14-22-17-16(18(26)28)23-24-27(17)15-5-3-2-4-6-15/h2-6,14,30H,7-13H2,1H3. The third kappa shape index (κ3) is 3.19. The average Bonchev–Trinajstić information content (AvgIpc) is 3.35. The van der Waals surface area contributed by atoms with Crippen LogP contribution < -0.4 is 5.56 Å². The number of aromatic nitrogens is 5. The van der Waals surface area contributed by atoms with E-state index in [1.807, 2.05) is 42.2 Å². The highest BCUT2D eigenvalue weighted by atomic mass is 16.3. The van der Waals surface area contributed by atoms with Crippen LogP contribution in [0.1, 0.15) is 32.6 Å². The zero-order valence-electron chi connectivity index (χ0n) is 16.9. The highest BCUT2D eigenvalue weighted by Crippen LogP contribution is 2.47. The molecule has 5 rings (SSSR count). The summed E-state index contributed by atoms with van der Waals surface area (Å²) in [5.74, 6) is 0.183. The second-order valence-electron chi connectivity index (χ2n) is 8.76. The third-order valence-corrected chi connectivity index (χ3v) is 6.39. The second kappa shape index (κ2) is 6.73. The average molecular weight is 408 g/mol. The van der Waals surface area contributed by atoms with Gasteiger partial charge in [0.2, 0.25) is 5.91 Å². The molecule has 1 saturated carbocycles. The van der Waals surface area contributed by atoms with E-state index in [4.69, 9.17) is 0 Å². The van der Waals surface area contributed by atoms with E-state index < -0.39 is 5.60 Å². The largest absolute Gasteiger partial charge is 0.388 e. The van der Waals surface area contributed by atoms with Gasteiger partial charge in [-0.25, -0.2) is 4.98 Å². The van der Waals surface area contributed by atoms with Crippen LogP contribution in [0.15, 0.2) is 41.5 Å². The predicted molar refractivity (Wildman–Crippen MR) is 109 cm³/mol. The summed E-state index contributed by atoms with van der Waals surface area (Å²) in [4.78, 5) is 31.7. The van der Waals surface area contributed by atoms with Crippen molar-refractivity contribution in [2.45, 2.75) is 44.8 Å². The summed E-state index contributed by atoms with van der Waals surface area (Å²) < 4.78 is 2.92. The number of aliphatic hydroxyl groups is 1. The van der Waals surface area contributed by atoms with Crippen LogP contribution in [0.25, 0.3) is 16.9 Å². The van der Waals surface area contributed by atoms with Crippen molar-refractivity contribution >= 4 is 17.1 Å². The molecule has 2 fully saturated rings. The summed E-state index contributed by atoms with van der Waals surface area (Å²) in [6.45, 7) is 3.12. The summed E-state index contributed by atoms with van der Waals surface area (Å²) in [7, 11) is 0. The quantitative estimate of drug-likeness (QED) is 0.694. The Balaban J connectivity index is 1.35. The molecule has 2 aliphatic rings. The maximum Gasteiger partial charge on any atom is 0.283 e. The fraction of sp³-hybridized carbons (Fsp3) is 0.476. The summed E-state index contributed by atoms with van der Waals surface area (Å²) in [6, 6.07) is 9.37. The molecule has 1 saturated heterocycles. The number of para-hydroxylation sites is 1. The van der Waals surface area contributed by atoms with Crippen LogP contribution >= 0.6 is 0 Å². The molecule has 1 aliphatic heterocycles. The molecule has 1 N–H and O–H groups in total. The Bertz CT molecular complexity index is 1160. The Morgan fingerprint density at radius 2 is 1.83 bits per heavy atom. The van der Waals surface area contributed by atoms with E-state index in [9.17, 15) is 14.7 Å². The van der Waals surface area contributed by atoms with E-state index in [1.54, 1.807) is 0 Å². The van der Waals surface area contributed by atoms with Crippen molar-refractivity contribution < 1.29 is 9.90 Å². The minimum Gasteiger partial charge on any atom is -0.388 e. The highest BCUT2D eigenvalue weighted by molar-refractivity contribution is 5.85. The van der Waals surface area contributed by atoms with Crippen LogP contribution in [-0.2, 0) is 11.3 Å². The van der Waals surface area contributed by atoms with Gasteiger partial charge in [0.1, 0.15) is 6.33 Å². The van der Waals surface area contributed by atoms with Crippen molar-refractivity contribution in [3.63, 3.8) is 0 Å². The SMILES string of the molecule is CC1(C(=O)N2CCC(O)(Cn3cnc4c(nnn4-c4ccccc4)c3=O)CC2)CC1. The molecule has 0 atom stereocenters. The van der Waals surface area contributed by atoms with Gasteiger partial charge >= 0.3 is 0 Å². The van der Waals surface area contributed by atoms with E-state index in [2.05, 4.69) is 15.3 Å². The van der Waals surface area contributed by atoms with Gasteiger partial charge in [0.15, 0.2) is 11.2 Å². The maximum atomic E-state index is 12.9. The number of fused-ring (bicyclic) bond motifs is 1. The normalized spacial score (nSPS) is 19.7. The van der Waals surface area contributed by atoms with Crippen molar-refractivity contribution in [2.75, 3.05) is 13.1 Å². The van der Waals surface area contributed by atoms with E-state index >= 15 is 0 Å². The molecule has 2 aromatic heterocycles. The number of amides is 1. The Morgan fingerprint density at radius 1 is 1.13 bits per heavy atom. The van der Waals surface area contributed by atoms with Gasteiger partial charge in [-0.05, 0) is 37.8 Å². The Hall–Kier alpha value is -3.07. The van der Waals surface area contributed by atoms with E-state index in [1.165, 1.54) is 15.6 Å². The summed E-state index contributed by atoms with van der Waals surface area (Å²) in [6.07, 6.45) is 4.18. The summed E-state index contributed by atoms with van der Waals surface area (Å²) >= 11 is 0. The number of carbonyl (C=O) groups excluding carboxylic acids is 1. The minimum absolute atomic E-state index is 0.117.